The van der Waals surface area contributed by atoms with Gasteiger partial charge in [-0.1, -0.05) is 84.3 Å². The first-order valence-electron chi connectivity index (χ1n) is 17.2. The third kappa shape index (κ3) is 6.33. The number of aliphatic hydroxyl groups is 3. The highest BCUT2D eigenvalue weighted by Gasteiger charge is 2.87. The molecule has 4 rings (SSSR count). The van der Waals surface area contributed by atoms with Gasteiger partial charge in [-0.25, -0.2) is 0 Å². The minimum atomic E-state index is -1.95. The molecule has 46 heavy (non-hydrogen) atoms. The van der Waals surface area contributed by atoms with E-state index in [0.717, 1.165) is 57.8 Å². The minimum absolute atomic E-state index is 0.128. The van der Waals surface area contributed by atoms with E-state index in [4.69, 9.17) is 14.6 Å². The SMILES string of the molecule is CC(=O)O[C@@H]1[C@@H](C)[C@@]2(O)[C@@H](C=C(CO)C[C@]3(O)C(=O)C(C)=C[C@@H]23)C2C(C)(C)[C@@]21OC(=O)CCCCCCCCCCCCC(=O)O. The first kappa shape index (κ1) is 36.3. The van der Waals surface area contributed by atoms with E-state index in [1.165, 1.54) is 6.92 Å². The van der Waals surface area contributed by atoms with E-state index in [9.17, 15) is 34.5 Å². The molecule has 0 aliphatic heterocycles. The molecule has 0 radical (unpaired) electrons. The summed E-state index contributed by atoms with van der Waals surface area (Å²) in [5.74, 6) is -5.23. The fourth-order valence-corrected chi connectivity index (χ4v) is 9.20. The summed E-state index contributed by atoms with van der Waals surface area (Å²) < 4.78 is 12.2. The van der Waals surface area contributed by atoms with E-state index in [1.54, 1.807) is 26.0 Å². The lowest BCUT2D eigenvalue weighted by Crippen LogP contribution is -2.66. The molecule has 4 aliphatic rings. The van der Waals surface area contributed by atoms with Crippen LogP contribution in [0.2, 0.25) is 0 Å². The van der Waals surface area contributed by atoms with Crippen molar-refractivity contribution in [3.63, 3.8) is 0 Å². The molecular formula is C36H54O10. The summed E-state index contributed by atoms with van der Waals surface area (Å²) in [6, 6.07) is 0. The topological polar surface area (TPSA) is 168 Å². The fourth-order valence-electron chi connectivity index (χ4n) is 9.20. The number of aliphatic hydroxyl groups excluding tert-OH is 1. The van der Waals surface area contributed by atoms with Gasteiger partial charge in [0.15, 0.2) is 11.4 Å². The van der Waals surface area contributed by atoms with Crippen molar-refractivity contribution in [3.05, 3.63) is 23.3 Å². The second-order valence-corrected chi connectivity index (χ2v) is 14.9. The van der Waals surface area contributed by atoms with Crippen LogP contribution in [0.3, 0.4) is 0 Å². The van der Waals surface area contributed by atoms with Crippen molar-refractivity contribution in [2.75, 3.05) is 6.61 Å². The lowest BCUT2D eigenvalue weighted by Gasteiger charge is -2.53. The molecule has 10 heteroatoms. The van der Waals surface area contributed by atoms with Crippen LogP contribution in [-0.4, -0.2) is 73.6 Å². The summed E-state index contributed by atoms with van der Waals surface area (Å²) in [6.45, 7) is 8.06. The normalized spacial score (nSPS) is 35.6. The number of aliphatic carboxylic acids is 1. The second-order valence-electron chi connectivity index (χ2n) is 14.9. The van der Waals surface area contributed by atoms with Gasteiger partial charge < -0.3 is 29.9 Å². The second kappa shape index (κ2) is 13.9. The highest BCUT2D eigenvalue weighted by Crippen LogP contribution is 2.77. The van der Waals surface area contributed by atoms with Gasteiger partial charge in [-0.3, -0.25) is 19.2 Å². The average molecular weight is 647 g/mol. The Balaban J connectivity index is 1.43. The maximum absolute atomic E-state index is 13.4. The summed E-state index contributed by atoms with van der Waals surface area (Å²) in [7, 11) is 0. The van der Waals surface area contributed by atoms with Crippen LogP contribution in [0.4, 0.5) is 0 Å². The Bertz CT molecular complexity index is 1250. The van der Waals surface area contributed by atoms with Gasteiger partial charge in [0.25, 0.3) is 0 Å². The molecule has 258 valence electrons. The Kier molecular flexibility index (Phi) is 11.0. The van der Waals surface area contributed by atoms with Gasteiger partial charge in [-0.15, -0.1) is 0 Å². The molecule has 0 aromatic carbocycles. The predicted octanol–water partition coefficient (Wildman–Crippen LogP) is 4.82. The molecule has 4 N–H and O–H groups in total. The number of hydrogen-bond acceptors (Lipinski definition) is 9. The monoisotopic (exact) mass is 646 g/mol. The zero-order valence-electron chi connectivity index (χ0n) is 28.2. The van der Waals surface area contributed by atoms with Gasteiger partial charge in [0.1, 0.15) is 11.7 Å². The first-order valence-corrected chi connectivity index (χ1v) is 17.2. The molecule has 8 atom stereocenters. The Morgan fingerprint density at radius 1 is 0.913 bits per heavy atom. The molecule has 0 heterocycles. The van der Waals surface area contributed by atoms with Crippen LogP contribution in [0, 0.1) is 29.1 Å². The van der Waals surface area contributed by atoms with Gasteiger partial charge in [0, 0.05) is 55.3 Å². The molecule has 2 fully saturated rings. The number of carbonyl (C=O) groups is 4. The minimum Gasteiger partial charge on any atom is -0.481 e. The maximum Gasteiger partial charge on any atom is 0.306 e. The van der Waals surface area contributed by atoms with Gasteiger partial charge in [0.2, 0.25) is 0 Å². The largest absolute Gasteiger partial charge is 0.481 e. The van der Waals surface area contributed by atoms with E-state index < -0.39 is 82.3 Å². The van der Waals surface area contributed by atoms with Crippen LogP contribution in [0.25, 0.3) is 0 Å². The van der Waals surface area contributed by atoms with Gasteiger partial charge in [-0.05, 0) is 30.9 Å². The molecule has 0 bridgehead atoms. The number of fused-ring (bicyclic) bond motifs is 5. The molecule has 0 aromatic rings. The molecule has 2 saturated carbocycles. The summed E-state index contributed by atoms with van der Waals surface area (Å²) in [5, 5.41) is 43.4. The summed E-state index contributed by atoms with van der Waals surface area (Å²) in [5.41, 5.74) is -4.86. The zero-order chi connectivity index (χ0) is 34.1. The van der Waals surface area contributed by atoms with Crippen LogP contribution in [-0.2, 0) is 28.7 Å². The highest BCUT2D eigenvalue weighted by molar-refractivity contribution is 6.04. The van der Waals surface area contributed by atoms with Crippen molar-refractivity contribution in [2.24, 2.45) is 29.1 Å². The molecule has 0 aromatic heterocycles. The van der Waals surface area contributed by atoms with Crippen molar-refractivity contribution < 1.29 is 49.1 Å². The number of rotatable bonds is 16. The number of carboxylic acid groups (broad SMARTS) is 1. The third-order valence-electron chi connectivity index (χ3n) is 11.6. The van der Waals surface area contributed by atoms with E-state index in [2.05, 4.69) is 0 Å². The highest BCUT2D eigenvalue weighted by atomic mass is 16.6. The number of ketones is 1. The van der Waals surface area contributed by atoms with Crippen LogP contribution in [0.5, 0.6) is 0 Å². The fraction of sp³-hybridized carbons (Fsp3) is 0.778. The van der Waals surface area contributed by atoms with E-state index in [0.29, 0.717) is 17.6 Å². The maximum atomic E-state index is 13.4. The zero-order valence-corrected chi connectivity index (χ0v) is 28.2. The summed E-state index contributed by atoms with van der Waals surface area (Å²) in [4.78, 5) is 49.7. The standard InChI is InChI=1S/C36H54O10/c1-22-18-27-34(43,31(22)42)20-25(21-37)19-26-30-33(4,5)36(30,32(45-24(3)38)23(2)35(26,27)44)46-29(41)17-15-13-11-9-7-6-8-10-12-14-16-28(39)40/h18-19,23,26-27,30,32,37,43-44H,6-17,20-21H2,1-5H3,(H,39,40)/t23-,26+,27-,30?,32-,34-,35-,36-/m1/s1. The van der Waals surface area contributed by atoms with Crippen molar-refractivity contribution >= 4 is 23.7 Å². The van der Waals surface area contributed by atoms with Gasteiger partial charge in [0.05, 0.1) is 12.2 Å². The third-order valence-corrected chi connectivity index (χ3v) is 11.6. The van der Waals surface area contributed by atoms with Crippen LogP contribution in [0.1, 0.15) is 118 Å². The molecule has 0 spiro atoms. The van der Waals surface area contributed by atoms with Crippen LogP contribution >= 0.6 is 0 Å². The first-order chi connectivity index (χ1) is 21.6. The van der Waals surface area contributed by atoms with E-state index in [-0.39, 0.29) is 19.3 Å². The Morgan fingerprint density at radius 2 is 1.46 bits per heavy atom. The Hall–Kier alpha value is -2.56. The van der Waals surface area contributed by atoms with Crippen LogP contribution < -0.4 is 0 Å². The van der Waals surface area contributed by atoms with Crippen molar-refractivity contribution in [1.82, 2.24) is 0 Å². The Morgan fingerprint density at radius 3 is 1.98 bits per heavy atom. The quantitative estimate of drug-likeness (QED) is 0.104. The number of Topliss-reactive ketones (excluding diaryl/α,β-unsaturated/α-hetero) is 1. The Labute approximate surface area is 272 Å². The van der Waals surface area contributed by atoms with Gasteiger partial charge in [-0.2, -0.15) is 0 Å². The van der Waals surface area contributed by atoms with Crippen molar-refractivity contribution in [3.8, 4) is 0 Å². The van der Waals surface area contributed by atoms with Crippen molar-refractivity contribution in [1.29, 1.82) is 0 Å². The average Bonchev–Trinajstić information content (AvgIpc) is 3.41. The number of unbranched alkanes of at least 4 members (excludes halogenated alkanes) is 9. The lowest BCUT2D eigenvalue weighted by molar-refractivity contribution is -0.228. The van der Waals surface area contributed by atoms with E-state index >= 15 is 0 Å². The summed E-state index contributed by atoms with van der Waals surface area (Å²) in [6.07, 6.45) is 12.3. The van der Waals surface area contributed by atoms with Crippen LogP contribution in [0.15, 0.2) is 23.3 Å². The number of carbonyl (C=O) groups excluding carboxylic acids is 3. The molecule has 0 amide bonds. The van der Waals surface area contributed by atoms with Crippen molar-refractivity contribution in [2.45, 2.75) is 141 Å². The summed E-state index contributed by atoms with van der Waals surface area (Å²) >= 11 is 0. The smallest absolute Gasteiger partial charge is 0.306 e. The number of ether oxygens (including phenoxy) is 2. The number of esters is 2. The predicted molar refractivity (Wildman–Crippen MR) is 169 cm³/mol. The number of hydrogen-bond donors (Lipinski definition) is 4. The molecule has 0 saturated heterocycles. The molecule has 1 unspecified atom stereocenters. The van der Waals surface area contributed by atoms with E-state index in [1.807, 2.05) is 13.8 Å². The van der Waals surface area contributed by atoms with Gasteiger partial charge >= 0.3 is 17.9 Å². The number of carboxylic acids is 1. The molecular weight excluding hydrogens is 592 g/mol. The molecule has 4 aliphatic carbocycles. The molecule has 10 nitrogen and oxygen atoms in total. The lowest BCUT2D eigenvalue weighted by atomic mass is 9.59.